The zero-order chi connectivity index (χ0) is 14.5. The summed E-state index contributed by atoms with van der Waals surface area (Å²) in [5.41, 5.74) is 6.73. The maximum atomic E-state index is 2.43. The second-order valence-corrected chi connectivity index (χ2v) is 5.62. The standard InChI is InChI=1S/C21H22/c1-2-3-4-5-14-21-19-12-8-6-10-17(19)15-16-18-11-7-9-13-20(18)21/h6-16H,2-5H2,1H3. The molecular formula is C21H22. The van der Waals surface area contributed by atoms with Crippen LogP contribution >= 0.6 is 0 Å². The Morgan fingerprint density at radius 3 is 1.90 bits per heavy atom. The van der Waals surface area contributed by atoms with Crippen molar-refractivity contribution in [3.63, 3.8) is 0 Å². The van der Waals surface area contributed by atoms with E-state index in [1.807, 2.05) is 0 Å². The van der Waals surface area contributed by atoms with E-state index in [1.165, 1.54) is 47.1 Å². The van der Waals surface area contributed by atoms with Crippen LogP contribution in [0.3, 0.4) is 0 Å². The Morgan fingerprint density at radius 2 is 1.33 bits per heavy atom. The molecule has 0 spiro atoms. The lowest BCUT2D eigenvalue weighted by molar-refractivity contribution is 0.729. The summed E-state index contributed by atoms with van der Waals surface area (Å²) < 4.78 is 0. The highest BCUT2D eigenvalue weighted by Gasteiger charge is 2.13. The minimum atomic E-state index is 1.16. The summed E-state index contributed by atoms with van der Waals surface area (Å²) in [6.45, 7) is 2.26. The second-order valence-electron chi connectivity index (χ2n) is 5.62. The molecule has 0 amide bonds. The molecule has 0 atom stereocenters. The van der Waals surface area contributed by atoms with Crippen LogP contribution < -0.4 is 0 Å². The summed E-state index contributed by atoms with van der Waals surface area (Å²) >= 11 is 0. The molecule has 0 saturated carbocycles. The first-order valence-corrected chi connectivity index (χ1v) is 7.97. The third-order valence-electron chi connectivity index (χ3n) is 4.10. The van der Waals surface area contributed by atoms with Crippen LogP contribution in [0, 0.1) is 0 Å². The minimum Gasteiger partial charge on any atom is -0.0760 e. The first-order chi connectivity index (χ1) is 10.4. The van der Waals surface area contributed by atoms with Crippen molar-refractivity contribution >= 4 is 17.7 Å². The topological polar surface area (TPSA) is 0 Å². The predicted molar refractivity (Wildman–Crippen MR) is 93.0 cm³/mol. The smallest absolute Gasteiger partial charge is 0.0108 e. The molecule has 1 aliphatic rings. The molecule has 0 heterocycles. The van der Waals surface area contributed by atoms with Gasteiger partial charge in [0.25, 0.3) is 0 Å². The van der Waals surface area contributed by atoms with Crippen LogP contribution in [-0.4, -0.2) is 0 Å². The SMILES string of the molecule is CCCCCC=C1c2ccccc2C=Cc2ccccc21. The van der Waals surface area contributed by atoms with E-state index in [1.54, 1.807) is 0 Å². The molecule has 0 bridgehead atoms. The number of hydrogen-bond donors (Lipinski definition) is 0. The Bertz CT molecular complexity index is 622. The Balaban J connectivity index is 2.06. The maximum absolute atomic E-state index is 2.43. The fourth-order valence-corrected chi connectivity index (χ4v) is 2.96. The third-order valence-corrected chi connectivity index (χ3v) is 4.10. The van der Waals surface area contributed by atoms with Gasteiger partial charge in [-0.15, -0.1) is 0 Å². The van der Waals surface area contributed by atoms with Crippen LogP contribution in [0.4, 0.5) is 0 Å². The molecule has 0 radical (unpaired) electrons. The lowest BCUT2D eigenvalue weighted by atomic mass is 9.92. The van der Waals surface area contributed by atoms with Crippen LogP contribution in [0.1, 0.15) is 54.9 Å². The quantitative estimate of drug-likeness (QED) is 0.498. The van der Waals surface area contributed by atoms with Gasteiger partial charge in [0.15, 0.2) is 0 Å². The molecule has 2 aromatic carbocycles. The van der Waals surface area contributed by atoms with E-state index in [4.69, 9.17) is 0 Å². The molecule has 0 fully saturated rings. The average molecular weight is 274 g/mol. The minimum absolute atomic E-state index is 1.16. The van der Waals surface area contributed by atoms with Gasteiger partial charge >= 0.3 is 0 Å². The maximum Gasteiger partial charge on any atom is -0.0108 e. The predicted octanol–water partition coefficient (Wildman–Crippen LogP) is 6.18. The highest BCUT2D eigenvalue weighted by molar-refractivity contribution is 5.93. The molecule has 0 heteroatoms. The van der Waals surface area contributed by atoms with Gasteiger partial charge in [-0.3, -0.25) is 0 Å². The van der Waals surface area contributed by atoms with Gasteiger partial charge in [0, 0.05) is 0 Å². The molecule has 0 aromatic heterocycles. The number of allylic oxidation sites excluding steroid dienone is 1. The van der Waals surface area contributed by atoms with Crippen LogP contribution in [0.2, 0.25) is 0 Å². The summed E-state index contributed by atoms with van der Waals surface area (Å²) in [5, 5.41) is 0. The van der Waals surface area contributed by atoms with E-state index in [0.29, 0.717) is 0 Å². The molecular weight excluding hydrogens is 252 g/mol. The summed E-state index contributed by atoms with van der Waals surface area (Å²) in [5.74, 6) is 0. The van der Waals surface area contributed by atoms with E-state index >= 15 is 0 Å². The van der Waals surface area contributed by atoms with Gasteiger partial charge in [0.05, 0.1) is 0 Å². The monoisotopic (exact) mass is 274 g/mol. The Hall–Kier alpha value is -2.08. The van der Waals surface area contributed by atoms with E-state index < -0.39 is 0 Å². The highest BCUT2D eigenvalue weighted by atomic mass is 14.2. The molecule has 0 N–H and O–H groups in total. The third kappa shape index (κ3) is 3.00. The van der Waals surface area contributed by atoms with Crippen molar-refractivity contribution in [2.24, 2.45) is 0 Å². The fraction of sp³-hybridized carbons (Fsp3) is 0.238. The van der Waals surface area contributed by atoms with Gasteiger partial charge in [-0.05, 0) is 40.7 Å². The number of rotatable bonds is 4. The lowest BCUT2D eigenvalue weighted by Crippen LogP contribution is -1.92. The van der Waals surface area contributed by atoms with Crippen LogP contribution in [0.15, 0.2) is 54.6 Å². The number of benzene rings is 2. The van der Waals surface area contributed by atoms with Crippen molar-refractivity contribution in [2.75, 3.05) is 0 Å². The Kier molecular flexibility index (Phi) is 4.35. The van der Waals surface area contributed by atoms with Crippen molar-refractivity contribution in [1.82, 2.24) is 0 Å². The fourth-order valence-electron chi connectivity index (χ4n) is 2.96. The largest absolute Gasteiger partial charge is 0.0760 e. The zero-order valence-electron chi connectivity index (χ0n) is 12.7. The van der Waals surface area contributed by atoms with E-state index in [9.17, 15) is 0 Å². The molecule has 106 valence electrons. The normalized spacial score (nSPS) is 12.5. The van der Waals surface area contributed by atoms with Crippen LogP contribution in [0.25, 0.3) is 17.7 Å². The molecule has 3 rings (SSSR count). The summed E-state index contributed by atoms with van der Waals surface area (Å²) in [6.07, 6.45) is 11.9. The van der Waals surface area contributed by atoms with Crippen molar-refractivity contribution in [1.29, 1.82) is 0 Å². The van der Waals surface area contributed by atoms with Crippen molar-refractivity contribution in [2.45, 2.75) is 32.6 Å². The van der Waals surface area contributed by atoms with Gasteiger partial charge in [0.1, 0.15) is 0 Å². The molecule has 0 saturated heterocycles. The van der Waals surface area contributed by atoms with E-state index in [2.05, 4.69) is 73.7 Å². The molecule has 21 heavy (non-hydrogen) atoms. The van der Waals surface area contributed by atoms with Gasteiger partial charge in [0.2, 0.25) is 0 Å². The first-order valence-electron chi connectivity index (χ1n) is 7.97. The zero-order valence-corrected chi connectivity index (χ0v) is 12.7. The lowest BCUT2D eigenvalue weighted by Gasteiger charge is -2.12. The summed E-state index contributed by atoms with van der Waals surface area (Å²) in [7, 11) is 0. The van der Waals surface area contributed by atoms with Gasteiger partial charge < -0.3 is 0 Å². The number of fused-ring (bicyclic) bond motifs is 2. The van der Waals surface area contributed by atoms with Crippen molar-refractivity contribution in [3.8, 4) is 0 Å². The molecule has 0 nitrogen and oxygen atoms in total. The first kappa shape index (κ1) is 13.9. The summed E-state index contributed by atoms with van der Waals surface area (Å²) in [6, 6.07) is 17.4. The number of unbranched alkanes of at least 4 members (excludes halogenated alkanes) is 3. The van der Waals surface area contributed by atoms with Crippen LogP contribution in [-0.2, 0) is 0 Å². The molecule has 1 aliphatic carbocycles. The second kappa shape index (κ2) is 6.58. The van der Waals surface area contributed by atoms with Gasteiger partial charge in [-0.1, -0.05) is 86.5 Å². The van der Waals surface area contributed by atoms with Gasteiger partial charge in [-0.25, -0.2) is 0 Å². The Morgan fingerprint density at radius 1 is 0.762 bits per heavy atom. The van der Waals surface area contributed by atoms with Crippen LogP contribution in [0.5, 0.6) is 0 Å². The van der Waals surface area contributed by atoms with Crippen molar-refractivity contribution < 1.29 is 0 Å². The van der Waals surface area contributed by atoms with Crippen molar-refractivity contribution in [3.05, 3.63) is 76.9 Å². The molecule has 0 unspecified atom stereocenters. The van der Waals surface area contributed by atoms with E-state index in [-0.39, 0.29) is 0 Å². The Labute approximate surface area is 127 Å². The molecule has 2 aromatic rings. The highest BCUT2D eigenvalue weighted by Crippen LogP contribution is 2.34. The summed E-state index contributed by atoms with van der Waals surface area (Å²) in [4.78, 5) is 0. The average Bonchev–Trinajstić information content (AvgIpc) is 2.69. The van der Waals surface area contributed by atoms with Gasteiger partial charge in [-0.2, -0.15) is 0 Å². The number of hydrogen-bond acceptors (Lipinski definition) is 0. The van der Waals surface area contributed by atoms with E-state index in [0.717, 1.165) is 6.42 Å². The molecule has 0 aliphatic heterocycles.